The Labute approximate surface area is 177 Å². The van der Waals surface area contributed by atoms with Crippen molar-refractivity contribution in [1.29, 1.82) is 0 Å². The van der Waals surface area contributed by atoms with Gasteiger partial charge < -0.3 is 0 Å². The van der Waals surface area contributed by atoms with E-state index < -0.39 is 0 Å². The summed E-state index contributed by atoms with van der Waals surface area (Å²) in [6.45, 7) is 5.27. The van der Waals surface area contributed by atoms with Crippen LogP contribution in [-0.2, 0) is 0 Å². The molecular formula is C25H36IO-. The molecule has 0 saturated carbocycles. The average molecular weight is 479 g/mol. The summed E-state index contributed by atoms with van der Waals surface area (Å²) in [6.07, 6.45) is 13.7. The number of hydrogen-bond acceptors (Lipinski definition) is 1. The summed E-state index contributed by atoms with van der Waals surface area (Å²) in [5.41, 5.74) is 1.33. The molecule has 2 rings (SSSR count). The summed E-state index contributed by atoms with van der Waals surface area (Å²) < 4.78 is 8.83. The number of unbranched alkanes of at least 4 members (excludes halogenated alkanes) is 9. The zero-order chi connectivity index (χ0) is 19.2. The van der Waals surface area contributed by atoms with Crippen molar-refractivity contribution in [2.24, 2.45) is 0 Å². The molecule has 150 valence electrons. The molecule has 0 atom stereocenters. The SMILES string of the molecule is CCCCCCCCCCCCOc1ccc([I-]c2ccc(C)cc2)cc1. The van der Waals surface area contributed by atoms with Crippen molar-refractivity contribution >= 4 is 0 Å². The molecule has 0 aliphatic carbocycles. The van der Waals surface area contributed by atoms with Crippen LogP contribution in [0.3, 0.4) is 0 Å². The van der Waals surface area contributed by atoms with Crippen LogP contribution in [-0.4, -0.2) is 6.61 Å². The minimum atomic E-state index is -0.0839. The van der Waals surface area contributed by atoms with Crippen LogP contribution < -0.4 is 25.9 Å². The second-order valence-electron chi connectivity index (χ2n) is 7.37. The molecule has 0 N–H and O–H groups in total. The Morgan fingerprint density at radius 3 is 1.67 bits per heavy atom. The number of ether oxygens (including phenoxy) is 1. The van der Waals surface area contributed by atoms with Gasteiger partial charge in [0.2, 0.25) is 0 Å². The van der Waals surface area contributed by atoms with E-state index >= 15 is 0 Å². The first-order valence-corrected chi connectivity index (χ1v) is 12.9. The van der Waals surface area contributed by atoms with Gasteiger partial charge in [0.15, 0.2) is 0 Å². The summed E-state index contributed by atoms with van der Waals surface area (Å²) in [4.78, 5) is 0. The predicted molar refractivity (Wildman–Crippen MR) is 112 cm³/mol. The number of hydrogen-bond donors (Lipinski definition) is 0. The number of benzene rings is 2. The Morgan fingerprint density at radius 1 is 0.630 bits per heavy atom. The Hall–Kier alpha value is -1.03. The molecule has 0 heterocycles. The molecule has 0 radical (unpaired) electrons. The van der Waals surface area contributed by atoms with Crippen molar-refractivity contribution in [3.63, 3.8) is 0 Å². The Kier molecular flexibility index (Phi) is 11.6. The maximum absolute atomic E-state index is 5.91. The van der Waals surface area contributed by atoms with Gasteiger partial charge in [-0.2, -0.15) is 0 Å². The van der Waals surface area contributed by atoms with Crippen LogP contribution in [0.2, 0.25) is 0 Å². The first-order chi connectivity index (χ1) is 13.3. The second kappa shape index (κ2) is 14.0. The van der Waals surface area contributed by atoms with E-state index in [1.807, 2.05) is 0 Å². The van der Waals surface area contributed by atoms with Crippen molar-refractivity contribution in [1.82, 2.24) is 0 Å². The molecular weight excluding hydrogens is 443 g/mol. The van der Waals surface area contributed by atoms with Crippen LogP contribution in [0, 0.1) is 14.1 Å². The monoisotopic (exact) mass is 479 g/mol. The van der Waals surface area contributed by atoms with Gasteiger partial charge in [-0.05, 0) is 0 Å². The van der Waals surface area contributed by atoms with Crippen LogP contribution in [0.25, 0.3) is 0 Å². The predicted octanol–water partition coefficient (Wildman–Crippen LogP) is 4.42. The third-order valence-electron chi connectivity index (χ3n) is 4.81. The first kappa shape index (κ1) is 22.3. The first-order valence-electron chi connectivity index (χ1n) is 10.7. The van der Waals surface area contributed by atoms with Crippen LogP contribution in [0.15, 0.2) is 48.5 Å². The zero-order valence-corrected chi connectivity index (χ0v) is 19.3. The minimum absolute atomic E-state index is 0.0839. The van der Waals surface area contributed by atoms with Crippen LogP contribution in [0.4, 0.5) is 0 Å². The van der Waals surface area contributed by atoms with Crippen molar-refractivity contribution < 1.29 is 25.9 Å². The van der Waals surface area contributed by atoms with E-state index in [1.165, 1.54) is 76.9 Å². The quantitative estimate of drug-likeness (QED) is 0.288. The summed E-state index contributed by atoms with van der Waals surface area (Å²) in [7, 11) is 0. The molecule has 2 heteroatoms. The van der Waals surface area contributed by atoms with Crippen LogP contribution in [0.5, 0.6) is 5.75 Å². The van der Waals surface area contributed by atoms with E-state index in [1.54, 1.807) is 0 Å². The molecule has 0 fully saturated rings. The third-order valence-corrected chi connectivity index (χ3v) is 7.49. The Morgan fingerprint density at radius 2 is 1.11 bits per heavy atom. The zero-order valence-electron chi connectivity index (χ0n) is 17.2. The van der Waals surface area contributed by atoms with E-state index in [0.29, 0.717) is 0 Å². The molecule has 27 heavy (non-hydrogen) atoms. The number of aryl methyl sites for hydroxylation is 1. The van der Waals surface area contributed by atoms with Crippen molar-refractivity contribution in [2.75, 3.05) is 6.61 Å². The average Bonchev–Trinajstić information content (AvgIpc) is 2.69. The normalized spacial score (nSPS) is 11.0. The van der Waals surface area contributed by atoms with E-state index in [4.69, 9.17) is 4.74 Å². The van der Waals surface area contributed by atoms with E-state index in [2.05, 4.69) is 62.4 Å². The molecule has 2 aromatic carbocycles. The fraction of sp³-hybridized carbons (Fsp3) is 0.520. The molecule has 2 aromatic rings. The molecule has 0 amide bonds. The van der Waals surface area contributed by atoms with Crippen LogP contribution in [0.1, 0.15) is 76.7 Å². The van der Waals surface area contributed by atoms with Gasteiger partial charge in [0.25, 0.3) is 0 Å². The summed E-state index contributed by atoms with van der Waals surface area (Å²) in [6, 6.07) is 17.7. The van der Waals surface area contributed by atoms with Gasteiger partial charge in [0, 0.05) is 0 Å². The second-order valence-corrected chi connectivity index (χ2v) is 10.4. The van der Waals surface area contributed by atoms with Gasteiger partial charge in [0.05, 0.1) is 0 Å². The van der Waals surface area contributed by atoms with Gasteiger partial charge >= 0.3 is 145 Å². The van der Waals surface area contributed by atoms with E-state index in [9.17, 15) is 0 Å². The summed E-state index contributed by atoms with van der Waals surface area (Å²) >= 11 is -0.0839. The Bertz CT molecular complexity index is 603. The van der Waals surface area contributed by atoms with Crippen molar-refractivity contribution in [2.45, 2.75) is 78.1 Å². The summed E-state index contributed by atoms with van der Waals surface area (Å²) in [5.74, 6) is 1.02. The molecule has 0 bridgehead atoms. The van der Waals surface area contributed by atoms with Crippen LogP contribution >= 0.6 is 0 Å². The van der Waals surface area contributed by atoms with E-state index in [0.717, 1.165) is 12.4 Å². The molecule has 1 nitrogen and oxygen atoms in total. The fourth-order valence-corrected chi connectivity index (χ4v) is 5.25. The third kappa shape index (κ3) is 10.2. The molecule has 0 saturated heterocycles. The topological polar surface area (TPSA) is 9.23 Å². The maximum atomic E-state index is 5.91. The molecule has 0 aliphatic heterocycles. The van der Waals surface area contributed by atoms with Gasteiger partial charge in [0.1, 0.15) is 0 Å². The van der Waals surface area contributed by atoms with Crippen molar-refractivity contribution in [3.8, 4) is 5.75 Å². The summed E-state index contributed by atoms with van der Waals surface area (Å²) in [5, 5.41) is 0. The molecule has 0 aromatic heterocycles. The van der Waals surface area contributed by atoms with Gasteiger partial charge in [-0.15, -0.1) is 0 Å². The molecule has 0 unspecified atom stereocenters. The fourth-order valence-electron chi connectivity index (χ4n) is 3.10. The van der Waals surface area contributed by atoms with Gasteiger partial charge in [-0.3, -0.25) is 0 Å². The molecule has 0 spiro atoms. The standard InChI is InChI=1S/C25H36IO/c1-3-4-5-6-7-8-9-10-11-12-21-27-25-19-17-24(18-20-25)26-23-15-13-22(2)14-16-23/h13-20H,3-12,21H2,1-2H3/q-1. The molecule has 0 aliphatic rings. The van der Waals surface area contributed by atoms with E-state index in [-0.39, 0.29) is 21.2 Å². The number of halogens is 1. The van der Waals surface area contributed by atoms with Gasteiger partial charge in [-0.1, -0.05) is 32.6 Å². The number of rotatable bonds is 14. The Balaban J connectivity index is 1.52. The van der Waals surface area contributed by atoms with Crippen molar-refractivity contribution in [3.05, 3.63) is 61.2 Å². The van der Waals surface area contributed by atoms with Gasteiger partial charge in [-0.25, -0.2) is 0 Å².